The Morgan fingerprint density at radius 3 is 2.20 bits per heavy atom. The van der Waals surface area contributed by atoms with Crippen LogP contribution in [0.1, 0.15) is 42.0 Å². The molecular weight excluding hydrogens is 641 g/mol. The molecule has 0 spiro atoms. The van der Waals surface area contributed by atoms with Gasteiger partial charge in [-0.1, -0.05) is 114 Å². The number of carbonyl (C=O) groups excluding carboxylic acids is 2. The van der Waals surface area contributed by atoms with Crippen molar-refractivity contribution >= 4 is 50.7 Å². The predicted octanol–water partition coefficient (Wildman–Crippen LogP) is 7.36. The van der Waals surface area contributed by atoms with Crippen LogP contribution >= 0.6 is 23.2 Å². The van der Waals surface area contributed by atoms with E-state index < -0.39 is 28.5 Å². The molecule has 2 amide bonds. The molecule has 0 aliphatic rings. The minimum atomic E-state index is -4.30. The van der Waals surface area contributed by atoms with Gasteiger partial charge in [-0.25, -0.2) is 8.42 Å². The third-order valence-electron chi connectivity index (χ3n) is 7.60. The highest BCUT2D eigenvalue weighted by molar-refractivity contribution is 7.92. The van der Waals surface area contributed by atoms with E-state index in [0.29, 0.717) is 6.54 Å². The Hall–Kier alpha value is -3.85. The summed E-state index contributed by atoms with van der Waals surface area (Å²) < 4.78 is 29.4. The number of benzene rings is 4. The topological polar surface area (TPSA) is 86.8 Å². The van der Waals surface area contributed by atoms with Crippen LogP contribution in [0.5, 0.6) is 0 Å². The lowest BCUT2D eigenvalue weighted by Crippen LogP contribution is -2.53. The molecule has 0 radical (unpaired) electrons. The third kappa shape index (κ3) is 9.12. The van der Waals surface area contributed by atoms with Crippen LogP contribution in [0.2, 0.25) is 10.0 Å². The van der Waals surface area contributed by atoms with Gasteiger partial charge in [0.1, 0.15) is 12.6 Å². The van der Waals surface area contributed by atoms with E-state index >= 15 is 0 Å². The van der Waals surface area contributed by atoms with E-state index in [-0.39, 0.29) is 39.5 Å². The number of anilines is 1. The molecule has 4 aromatic rings. The van der Waals surface area contributed by atoms with Crippen molar-refractivity contribution in [1.29, 1.82) is 0 Å². The van der Waals surface area contributed by atoms with Crippen molar-refractivity contribution in [3.05, 3.63) is 129 Å². The molecule has 242 valence electrons. The Balaban J connectivity index is 1.82. The van der Waals surface area contributed by atoms with Crippen molar-refractivity contribution in [2.24, 2.45) is 0 Å². The second kappa shape index (κ2) is 16.1. The summed E-state index contributed by atoms with van der Waals surface area (Å²) in [5.41, 5.74) is 3.60. The van der Waals surface area contributed by atoms with Crippen molar-refractivity contribution in [1.82, 2.24) is 10.2 Å². The van der Waals surface area contributed by atoms with Gasteiger partial charge in [-0.05, 0) is 61.7 Å². The molecule has 0 aliphatic carbocycles. The quantitative estimate of drug-likeness (QED) is 0.141. The van der Waals surface area contributed by atoms with Crippen molar-refractivity contribution in [2.75, 3.05) is 17.4 Å². The maximum absolute atomic E-state index is 14.6. The summed E-state index contributed by atoms with van der Waals surface area (Å²) in [4.78, 5) is 29.9. The molecule has 4 rings (SSSR count). The summed E-state index contributed by atoms with van der Waals surface area (Å²) in [5.74, 6) is -0.883. The fraction of sp³-hybridized carbons (Fsp3) is 0.278. The Morgan fingerprint density at radius 1 is 0.826 bits per heavy atom. The van der Waals surface area contributed by atoms with Crippen LogP contribution in [0.15, 0.2) is 102 Å². The summed E-state index contributed by atoms with van der Waals surface area (Å²) in [6.07, 6.45) is 1.91. The van der Waals surface area contributed by atoms with E-state index in [0.717, 1.165) is 39.4 Å². The second-order valence-electron chi connectivity index (χ2n) is 11.3. The van der Waals surface area contributed by atoms with Gasteiger partial charge >= 0.3 is 0 Å². The monoisotopic (exact) mass is 679 g/mol. The lowest BCUT2D eigenvalue weighted by Gasteiger charge is -2.34. The van der Waals surface area contributed by atoms with E-state index in [1.54, 1.807) is 18.2 Å². The average Bonchev–Trinajstić information content (AvgIpc) is 3.03. The standard InChI is InChI=1S/C36H39Cl2N3O4S/c1-4-5-20-39-36(43)34(22-28-11-7-6-8-12-28)40(24-29-13-9-10-27(3)21-29)35(42)25-41(33-23-30(37)16-19-32(33)38)46(44,45)31-17-14-26(2)15-18-31/h6-19,21,23,34H,4-5,20,22,24-25H2,1-3H3,(H,39,43)/t34-/m0/s1. The van der Waals surface area contributed by atoms with Gasteiger partial charge in [0.05, 0.1) is 15.6 Å². The number of aryl methyl sites for hydroxylation is 2. The van der Waals surface area contributed by atoms with Gasteiger partial charge in [0.2, 0.25) is 11.8 Å². The van der Waals surface area contributed by atoms with Gasteiger partial charge in [0, 0.05) is 24.5 Å². The second-order valence-corrected chi connectivity index (χ2v) is 14.0. The highest BCUT2D eigenvalue weighted by atomic mass is 35.5. The van der Waals surface area contributed by atoms with Crippen LogP contribution in [-0.2, 0) is 32.6 Å². The van der Waals surface area contributed by atoms with Crippen molar-refractivity contribution < 1.29 is 18.0 Å². The summed E-state index contributed by atoms with van der Waals surface area (Å²) in [6, 6.07) is 27.0. The summed E-state index contributed by atoms with van der Waals surface area (Å²) in [7, 11) is -4.30. The molecule has 0 saturated carbocycles. The number of hydrogen-bond donors (Lipinski definition) is 1. The molecule has 46 heavy (non-hydrogen) atoms. The first-order chi connectivity index (χ1) is 22.0. The number of amides is 2. The number of nitrogens with one attached hydrogen (secondary N) is 1. The lowest BCUT2D eigenvalue weighted by molar-refractivity contribution is -0.140. The number of rotatable bonds is 14. The zero-order valence-corrected chi connectivity index (χ0v) is 28.6. The Bertz CT molecular complexity index is 1750. The number of carbonyl (C=O) groups is 2. The molecule has 4 aromatic carbocycles. The van der Waals surface area contributed by atoms with E-state index in [2.05, 4.69) is 5.32 Å². The van der Waals surface area contributed by atoms with Gasteiger partial charge < -0.3 is 10.2 Å². The summed E-state index contributed by atoms with van der Waals surface area (Å²) in [5, 5.41) is 3.36. The van der Waals surface area contributed by atoms with Crippen LogP contribution in [0.25, 0.3) is 0 Å². The molecule has 7 nitrogen and oxygen atoms in total. The average molecular weight is 681 g/mol. The molecule has 1 N–H and O–H groups in total. The highest BCUT2D eigenvalue weighted by Crippen LogP contribution is 2.33. The van der Waals surface area contributed by atoms with Crippen LogP contribution in [-0.4, -0.2) is 44.3 Å². The SMILES string of the molecule is CCCCNC(=O)[C@H](Cc1ccccc1)N(Cc1cccc(C)c1)C(=O)CN(c1cc(Cl)ccc1Cl)S(=O)(=O)c1ccc(C)cc1. The van der Waals surface area contributed by atoms with Gasteiger partial charge in [-0.2, -0.15) is 0 Å². The van der Waals surface area contributed by atoms with Gasteiger partial charge in [-0.15, -0.1) is 0 Å². The highest BCUT2D eigenvalue weighted by Gasteiger charge is 2.35. The molecule has 0 saturated heterocycles. The normalized spacial score (nSPS) is 11.9. The van der Waals surface area contributed by atoms with Crippen LogP contribution in [0.4, 0.5) is 5.69 Å². The Kier molecular flexibility index (Phi) is 12.3. The number of unbranched alkanes of at least 4 members (excludes halogenated alkanes) is 1. The van der Waals surface area contributed by atoms with E-state index in [9.17, 15) is 18.0 Å². The Labute approximate surface area is 282 Å². The maximum Gasteiger partial charge on any atom is 0.264 e. The van der Waals surface area contributed by atoms with Gasteiger partial charge in [-0.3, -0.25) is 13.9 Å². The van der Waals surface area contributed by atoms with Crippen molar-refractivity contribution in [2.45, 2.75) is 57.5 Å². The van der Waals surface area contributed by atoms with Gasteiger partial charge in [0.25, 0.3) is 10.0 Å². The molecule has 0 aromatic heterocycles. The number of hydrogen-bond acceptors (Lipinski definition) is 4. The third-order valence-corrected chi connectivity index (χ3v) is 9.93. The molecule has 0 heterocycles. The molecule has 1 atom stereocenters. The smallest absolute Gasteiger partial charge is 0.264 e. The Morgan fingerprint density at radius 2 is 1.52 bits per heavy atom. The van der Waals surface area contributed by atoms with Crippen LogP contribution in [0, 0.1) is 13.8 Å². The van der Waals surface area contributed by atoms with Crippen LogP contribution < -0.4 is 9.62 Å². The minimum absolute atomic E-state index is 0.00896. The van der Waals surface area contributed by atoms with E-state index in [1.807, 2.05) is 75.4 Å². The zero-order chi connectivity index (χ0) is 33.3. The summed E-state index contributed by atoms with van der Waals surface area (Å²) >= 11 is 12.9. The number of sulfonamides is 1. The number of nitrogens with zero attached hydrogens (tertiary/aromatic N) is 2. The largest absolute Gasteiger partial charge is 0.354 e. The molecular formula is C36H39Cl2N3O4S. The molecule has 10 heteroatoms. The fourth-order valence-electron chi connectivity index (χ4n) is 5.10. The van der Waals surface area contributed by atoms with Crippen LogP contribution in [0.3, 0.4) is 0 Å². The first-order valence-electron chi connectivity index (χ1n) is 15.2. The van der Waals surface area contributed by atoms with Gasteiger partial charge in [0.15, 0.2) is 0 Å². The van der Waals surface area contributed by atoms with E-state index in [1.165, 1.54) is 29.2 Å². The fourth-order valence-corrected chi connectivity index (χ4v) is 6.96. The molecule has 0 unspecified atom stereocenters. The summed E-state index contributed by atoms with van der Waals surface area (Å²) in [6.45, 7) is 5.76. The zero-order valence-electron chi connectivity index (χ0n) is 26.2. The minimum Gasteiger partial charge on any atom is -0.354 e. The lowest BCUT2D eigenvalue weighted by atomic mass is 10.0. The number of halogens is 2. The van der Waals surface area contributed by atoms with Crippen molar-refractivity contribution in [3.63, 3.8) is 0 Å². The van der Waals surface area contributed by atoms with E-state index in [4.69, 9.17) is 23.2 Å². The maximum atomic E-state index is 14.6. The molecule has 0 fully saturated rings. The first-order valence-corrected chi connectivity index (χ1v) is 17.4. The van der Waals surface area contributed by atoms with Crippen molar-refractivity contribution in [3.8, 4) is 0 Å². The molecule has 0 bridgehead atoms. The first kappa shape index (κ1) is 35.0. The molecule has 0 aliphatic heterocycles. The predicted molar refractivity (Wildman–Crippen MR) is 186 cm³/mol.